The number of carbonyl (C=O) groups excluding carboxylic acids is 3. The summed E-state index contributed by atoms with van der Waals surface area (Å²) >= 11 is 0. The number of rotatable bonds is 8. The summed E-state index contributed by atoms with van der Waals surface area (Å²) in [6, 6.07) is 6.36. The molecule has 0 amide bonds. The van der Waals surface area contributed by atoms with Crippen LogP contribution in [0.2, 0.25) is 0 Å². The van der Waals surface area contributed by atoms with E-state index in [2.05, 4.69) is 19.6 Å². The Hall–Kier alpha value is -3.48. The minimum absolute atomic E-state index is 0.0661. The summed E-state index contributed by atoms with van der Waals surface area (Å²) in [5, 5.41) is 3.32. The largest absolute Gasteiger partial charge is 0.457 e. The Morgan fingerprint density at radius 1 is 1.20 bits per heavy atom. The molecule has 2 unspecified atom stereocenters. The van der Waals surface area contributed by atoms with Crippen LogP contribution in [0.1, 0.15) is 25.5 Å². The summed E-state index contributed by atoms with van der Waals surface area (Å²) in [5.41, 5.74) is 17.1. The standard InChI is InChI=1S/C15H15N5O5/c1-3-24-15(23)12(18-16)13(22)11(19-20-17)14(25-9(2)21)10-7-5-4-6-8-10/h4-8,11,14H,3H2,1-2H3. The average molecular weight is 345 g/mol. The first kappa shape index (κ1) is 19.6. The van der Waals surface area contributed by atoms with Gasteiger partial charge in [0.1, 0.15) is 12.1 Å². The number of hydrogen-bond donors (Lipinski definition) is 0. The van der Waals surface area contributed by atoms with Gasteiger partial charge in [-0.1, -0.05) is 35.4 Å². The Labute approximate surface area is 142 Å². The molecule has 0 aliphatic heterocycles. The number of ether oxygens (including phenoxy) is 2. The van der Waals surface area contributed by atoms with Gasteiger partial charge in [-0.3, -0.25) is 9.59 Å². The molecule has 0 N–H and O–H groups in total. The molecule has 0 saturated heterocycles. The molecule has 0 aliphatic rings. The van der Waals surface area contributed by atoms with Crippen LogP contribution in [0.15, 0.2) is 35.4 Å². The molecule has 0 heterocycles. The van der Waals surface area contributed by atoms with E-state index in [9.17, 15) is 14.4 Å². The number of esters is 2. The Morgan fingerprint density at radius 3 is 2.32 bits per heavy atom. The van der Waals surface area contributed by atoms with Crippen molar-refractivity contribution in [2.75, 3.05) is 6.61 Å². The van der Waals surface area contributed by atoms with Gasteiger partial charge >= 0.3 is 17.7 Å². The topological polar surface area (TPSA) is 155 Å². The van der Waals surface area contributed by atoms with Crippen LogP contribution in [0.3, 0.4) is 0 Å². The molecule has 0 aliphatic carbocycles. The summed E-state index contributed by atoms with van der Waals surface area (Å²) in [5.74, 6) is -3.07. The molecule has 25 heavy (non-hydrogen) atoms. The lowest BCUT2D eigenvalue weighted by Gasteiger charge is -2.21. The Bertz CT molecular complexity index is 751. The fraction of sp³-hybridized carbons (Fsp3) is 0.333. The van der Waals surface area contributed by atoms with Crippen LogP contribution < -0.4 is 0 Å². The fourth-order valence-electron chi connectivity index (χ4n) is 1.97. The van der Waals surface area contributed by atoms with Gasteiger partial charge in [-0.25, -0.2) is 4.79 Å². The molecule has 1 aromatic carbocycles. The maximum absolute atomic E-state index is 12.5. The number of carbonyl (C=O) groups is 3. The molecule has 0 spiro atoms. The van der Waals surface area contributed by atoms with Crippen molar-refractivity contribution in [2.45, 2.75) is 26.0 Å². The van der Waals surface area contributed by atoms with Crippen molar-refractivity contribution >= 4 is 23.4 Å². The number of ketones is 1. The molecule has 0 radical (unpaired) electrons. The van der Waals surface area contributed by atoms with Gasteiger partial charge in [0, 0.05) is 11.8 Å². The van der Waals surface area contributed by atoms with Crippen LogP contribution in [-0.2, 0) is 23.9 Å². The van der Waals surface area contributed by atoms with Crippen LogP contribution in [0.25, 0.3) is 16.0 Å². The highest BCUT2D eigenvalue weighted by Crippen LogP contribution is 2.25. The van der Waals surface area contributed by atoms with E-state index in [1.807, 2.05) is 0 Å². The second-order valence-corrected chi connectivity index (χ2v) is 4.62. The van der Waals surface area contributed by atoms with Crippen molar-refractivity contribution in [2.24, 2.45) is 5.11 Å². The maximum Gasteiger partial charge on any atom is 0.442 e. The quantitative estimate of drug-likeness (QED) is 0.175. The van der Waals surface area contributed by atoms with Crippen LogP contribution >= 0.6 is 0 Å². The van der Waals surface area contributed by atoms with Crippen LogP contribution in [-0.4, -0.2) is 40.9 Å². The monoisotopic (exact) mass is 345 g/mol. The number of hydrogen-bond acceptors (Lipinski definition) is 6. The lowest BCUT2D eigenvalue weighted by atomic mass is 9.97. The zero-order valence-corrected chi connectivity index (χ0v) is 13.5. The van der Waals surface area contributed by atoms with Crippen molar-refractivity contribution in [1.82, 2.24) is 0 Å². The van der Waals surface area contributed by atoms with Crippen LogP contribution in [0, 0.1) is 0 Å². The molecule has 0 fully saturated rings. The molecular weight excluding hydrogens is 330 g/mol. The average Bonchev–Trinajstić information content (AvgIpc) is 2.59. The molecule has 10 nitrogen and oxygen atoms in total. The Kier molecular flexibility index (Phi) is 7.52. The van der Waals surface area contributed by atoms with Crippen molar-refractivity contribution in [3.63, 3.8) is 0 Å². The SMILES string of the molecule is CCOC(=O)C(=[N+]=[N-])C(=O)C(N=[N+]=[N-])C(OC(C)=O)c1ccccc1. The van der Waals surface area contributed by atoms with Gasteiger partial charge in [-0.2, -0.15) is 4.79 Å². The van der Waals surface area contributed by atoms with E-state index in [1.165, 1.54) is 6.92 Å². The second kappa shape index (κ2) is 9.61. The maximum atomic E-state index is 12.5. The number of nitrogens with zero attached hydrogens (tertiary/aromatic N) is 5. The predicted molar refractivity (Wildman–Crippen MR) is 84.1 cm³/mol. The summed E-state index contributed by atoms with van der Waals surface area (Å²) in [7, 11) is 0. The van der Waals surface area contributed by atoms with Gasteiger partial charge in [0.2, 0.25) is 0 Å². The summed E-state index contributed by atoms with van der Waals surface area (Å²) in [4.78, 5) is 40.8. The molecule has 0 saturated carbocycles. The van der Waals surface area contributed by atoms with Crippen molar-refractivity contribution < 1.29 is 28.6 Å². The number of azide groups is 1. The summed E-state index contributed by atoms with van der Waals surface area (Å²) < 4.78 is 9.71. The van der Waals surface area contributed by atoms with Crippen LogP contribution in [0.4, 0.5) is 0 Å². The highest BCUT2D eigenvalue weighted by molar-refractivity contribution is 6.63. The second-order valence-electron chi connectivity index (χ2n) is 4.62. The van der Waals surface area contributed by atoms with Gasteiger partial charge in [0.15, 0.2) is 0 Å². The molecule has 10 heteroatoms. The minimum Gasteiger partial charge on any atom is -0.457 e. The van der Waals surface area contributed by atoms with Crippen LogP contribution in [0.5, 0.6) is 0 Å². The third kappa shape index (κ3) is 5.28. The fourth-order valence-corrected chi connectivity index (χ4v) is 1.97. The predicted octanol–water partition coefficient (Wildman–Crippen LogP) is 1.77. The van der Waals surface area contributed by atoms with Gasteiger partial charge in [-0.05, 0) is 18.0 Å². The molecule has 0 bridgehead atoms. The molecule has 130 valence electrons. The van der Waals surface area contributed by atoms with E-state index in [4.69, 9.17) is 15.8 Å². The summed E-state index contributed by atoms with van der Waals surface area (Å²) in [6.07, 6.45) is -1.31. The molecular formula is C15H15N5O5. The van der Waals surface area contributed by atoms with Gasteiger partial charge < -0.3 is 15.0 Å². The molecule has 1 aromatic rings. The normalized spacial score (nSPS) is 11.9. The van der Waals surface area contributed by atoms with Crippen molar-refractivity contribution in [3.05, 3.63) is 51.9 Å². The zero-order valence-electron chi connectivity index (χ0n) is 13.5. The first-order valence-corrected chi connectivity index (χ1v) is 7.16. The van der Waals surface area contributed by atoms with E-state index in [-0.39, 0.29) is 6.61 Å². The third-order valence-corrected chi connectivity index (χ3v) is 2.95. The van der Waals surface area contributed by atoms with E-state index >= 15 is 0 Å². The van der Waals surface area contributed by atoms with E-state index < -0.39 is 35.6 Å². The number of Topliss-reactive ketones (excluding diaryl/α,β-unsaturated/α-hetero) is 1. The Morgan fingerprint density at radius 2 is 1.84 bits per heavy atom. The van der Waals surface area contributed by atoms with E-state index in [0.29, 0.717) is 5.56 Å². The van der Waals surface area contributed by atoms with Crippen molar-refractivity contribution in [1.29, 1.82) is 0 Å². The zero-order chi connectivity index (χ0) is 18.8. The van der Waals surface area contributed by atoms with E-state index in [0.717, 1.165) is 6.92 Å². The van der Waals surface area contributed by atoms with Gasteiger partial charge in [0.25, 0.3) is 5.78 Å². The van der Waals surface area contributed by atoms with Crippen molar-refractivity contribution in [3.8, 4) is 0 Å². The highest BCUT2D eigenvalue weighted by atomic mass is 16.5. The van der Waals surface area contributed by atoms with Gasteiger partial charge in [0.05, 0.1) is 6.61 Å². The minimum atomic E-state index is -1.66. The molecule has 2 atom stereocenters. The first-order chi connectivity index (χ1) is 12.0. The Balaban J connectivity index is 3.35. The smallest absolute Gasteiger partial charge is 0.442 e. The third-order valence-electron chi connectivity index (χ3n) is 2.95. The molecule has 0 aromatic heterocycles. The lowest BCUT2D eigenvalue weighted by Crippen LogP contribution is -2.39. The number of benzene rings is 1. The highest BCUT2D eigenvalue weighted by Gasteiger charge is 2.42. The summed E-state index contributed by atoms with van der Waals surface area (Å²) in [6.45, 7) is 2.54. The lowest BCUT2D eigenvalue weighted by molar-refractivity contribution is -0.149. The van der Waals surface area contributed by atoms with Gasteiger partial charge in [-0.15, -0.1) is 0 Å². The molecule has 1 rings (SSSR count). The first-order valence-electron chi connectivity index (χ1n) is 7.16. The van der Waals surface area contributed by atoms with E-state index in [1.54, 1.807) is 30.3 Å².